The Balaban J connectivity index is 1.91. The van der Waals surface area contributed by atoms with Gasteiger partial charge in [0, 0.05) is 29.6 Å². The molecule has 0 aliphatic rings. The first-order valence-electron chi connectivity index (χ1n) is 6.30. The highest BCUT2D eigenvalue weighted by molar-refractivity contribution is 7.17. The molecule has 0 unspecified atom stereocenters. The van der Waals surface area contributed by atoms with Crippen LogP contribution in [0.25, 0.3) is 21.3 Å². The lowest BCUT2D eigenvalue weighted by atomic mass is 10.1. The third kappa shape index (κ3) is 2.64. The van der Waals surface area contributed by atoms with Gasteiger partial charge in [-0.2, -0.15) is 4.98 Å². The molecule has 20 heavy (non-hydrogen) atoms. The summed E-state index contributed by atoms with van der Waals surface area (Å²) in [6.07, 6.45) is 1.82. The molecule has 0 aliphatic carbocycles. The van der Waals surface area contributed by atoms with E-state index in [-0.39, 0.29) is 0 Å². The van der Waals surface area contributed by atoms with Crippen LogP contribution < -0.4 is 4.74 Å². The number of hydrogen-bond donors (Lipinski definition) is 0. The second kappa shape index (κ2) is 5.98. The summed E-state index contributed by atoms with van der Waals surface area (Å²) in [4.78, 5) is 9.61. The SMILES string of the molecule is COCCOc1ncc2c(-c3ccccc3)csc2n1. The summed E-state index contributed by atoms with van der Waals surface area (Å²) in [5.41, 5.74) is 2.34. The molecule has 3 aromatic rings. The average molecular weight is 286 g/mol. The molecule has 4 nitrogen and oxygen atoms in total. The summed E-state index contributed by atoms with van der Waals surface area (Å²) in [6, 6.07) is 10.6. The number of thiophene rings is 1. The molecule has 3 rings (SSSR count). The molecule has 0 radical (unpaired) electrons. The fraction of sp³-hybridized carbons (Fsp3) is 0.200. The van der Waals surface area contributed by atoms with Gasteiger partial charge in [0.2, 0.25) is 0 Å². The van der Waals surface area contributed by atoms with Gasteiger partial charge in [0.05, 0.1) is 6.61 Å². The third-order valence-corrected chi connectivity index (χ3v) is 3.80. The lowest BCUT2D eigenvalue weighted by Gasteiger charge is -2.03. The lowest BCUT2D eigenvalue weighted by molar-refractivity contribution is 0.141. The molecule has 5 heteroatoms. The first-order chi connectivity index (χ1) is 9.88. The van der Waals surface area contributed by atoms with Crippen molar-refractivity contribution >= 4 is 21.6 Å². The van der Waals surface area contributed by atoms with Gasteiger partial charge in [0.1, 0.15) is 11.4 Å². The standard InChI is InChI=1S/C15H14N2O2S/c1-18-7-8-19-15-16-9-12-13(10-20-14(12)17-15)11-5-3-2-4-6-11/h2-6,9-10H,7-8H2,1H3. The monoisotopic (exact) mass is 286 g/mol. The molecule has 0 aliphatic heterocycles. The Morgan fingerprint density at radius 1 is 1.15 bits per heavy atom. The van der Waals surface area contributed by atoms with E-state index < -0.39 is 0 Å². The summed E-state index contributed by atoms with van der Waals surface area (Å²) < 4.78 is 10.4. The van der Waals surface area contributed by atoms with Crippen molar-refractivity contribution in [2.75, 3.05) is 20.3 Å². The van der Waals surface area contributed by atoms with Crippen molar-refractivity contribution < 1.29 is 9.47 Å². The van der Waals surface area contributed by atoms with Gasteiger partial charge in [0.15, 0.2) is 0 Å². The smallest absolute Gasteiger partial charge is 0.317 e. The van der Waals surface area contributed by atoms with E-state index in [9.17, 15) is 0 Å². The van der Waals surface area contributed by atoms with Crippen molar-refractivity contribution in [1.29, 1.82) is 0 Å². The Morgan fingerprint density at radius 3 is 2.80 bits per heavy atom. The van der Waals surface area contributed by atoms with Crippen LogP contribution >= 0.6 is 11.3 Å². The summed E-state index contributed by atoms with van der Waals surface area (Å²) in [5.74, 6) is 0. The maximum atomic E-state index is 5.43. The van der Waals surface area contributed by atoms with Crippen LogP contribution in [0.3, 0.4) is 0 Å². The van der Waals surface area contributed by atoms with Gasteiger partial charge in [-0.3, -0.25) is 0 Å². The van der Waals surface area contributed by atoms with E-state index in [1.165, 1.54) is 5.56 Å². The molecule has 102 valence electrons. The molecule has 0 spiro atoms. The minimum atomic E-state index is 0.399. The van der Waals surface area contributed by atoms with Crippen LogP contribution in [0.5, 0.6) is 6.01 Å². The molecule has 2 heterocycles. The Bertz CT molecular complexity index is 697. The van der Waals surface area contributed by atoms with Crippen LogP contribution in [-0.4, -0.2) is 30.3 Å². The molecular weight excluding hydrogens is 272 g/mol. The molecule has 0 bridgehead atoms. The van der Waals surface area contributed by atoms with E-state index in [0.29, 0.717) is 19.2 Å². The van der Waals surface area contributed by atoms with Crippen molar-refractivity contribution in [3.8, 4) is 17.1 Å². The predicted octanol–water partition coefficient (Wildman–Crippen LogP) is 3.38. The summed E-state index contributed by atoms with van der Waals surface area (Å²) in [7, 11) is 1.64. The zero-order valence-corrected chi connectivity index (χ0v) is 11.9. The zero-order valence-electron chi connectivity index (χ0n) is 11.1. The van der Waals surface area contributed by atoms with Gasteiger partial charge >= 0.3 is 6.01 Å². The second-order valence-corrected chi connectivity index (χ2v) is 5.09. The number of hydrogen-bond acceptors (Lipinski definition) is 5. The highest BCUT2D eigenvalue weighted by Gasteiger charge is 2.09. The van der Waals surface area contributed by atoms with E-state index in [2.05, 4.69) is 27.5 Å². The first kappa shape index (κ1) is 13.0. The number of aromatic nitrogens is 2. The van der Waals surface area contributed by atoms with E-state index in [0.717, 1.165) is 15.8 Å². The topological polar surface area (TPSA) is 44.2 Å². The van der Waals surface area contributed by atoms with Gasteiger partial charge < -0.3 is 9.47 Å². The van der Waals surface area contributed by atoms with E-state index >= 15 is 0 Å². The molecule has 2 aromatic heterocycles. The molecular formula is C15H14N2O2S. The quantitative estimate of drug-likeness (QED) is 0.674. The minimum Gasteiger partial charge on any atom is -0.461 e. The summed E-state index contributed by atoms with van der Waals surface area (Å²) >= 11 is 1.60. The number of fused-ring (bicyclic) bond motifs is 1. The number of benzene rings is 1. The number of nitrogens with zero attached hydrogens (tertiary/aromatic N) is 2. The second-order valence-electron chi connectivity index (χ2n) is 4.23. The van der Waals surface area contributed by atoms with Crippen LogP contribution in [0, 0.1) is 0 Å². The van der Waals surface area contributed by atoms with Gasteiger partial charge in [-0.1, -0.05) is 30.3 Å². The van der Waals surface area contributed by atoms with Crippen molar-refractivity contribution in [2.24, 2.45) is 0 Å². The predicted molar refractivity (Wildman–Crippen MR) is 80.2 cm³/mol. The van der Waals surface area contributed by atoms with Gasteiger partial charge in [0.25, 0.3) is 0 Å². The van der Waals surface area contributed by atoms with Crippen molar-refractivity contribution in [3.05, 3.63) is 41.9 Å². The molecule has 0 saturated carbocycles. The maximum Gasteiger partial charge on any atom is 0.317 e. The van der Waals surface area contributed by atoms with E-state index in [4.69, 9.17) is 9.47 Å². The van der Waals surface area contributed by atoms with Crippen LogP contribution in [0.4, 0.5) is 0 Å². The molecule has 0 N–H and O–H groups in total. The largest absolute Gasteiger partial charge is 0.461 e. The molecule has 0 fully saturated rings. The van der Waals surface area contributed by atoms with Crippen molar-refractivity contribution in [1.82, 2.24) is 9.97 Å². The lowest BCUT2D eigenvalue weighted by Crippen LogP contribution is -2.06. The Labute approximate surface area is 121 Å². The maximum absolute atomic E-state index is 5.43. The average Bonchev–Trinajstić information content (AvgIpc) is 2.91. The number of rotatable bonds is 5. The van der Waals surface area contributed by atoms with Gasteiger partial charge in [-0.15, -0.1) is 11.3 Å². The Kier molecular flexibility index (Phi) is 3.90. The first-order valence-corrected chi connectivity index (χ1v) is 7.18. The van der Waals surface area contributed by atoms with Crippen molar-refractivity contribution in [3.63, 3.8) is 0 Å². The van der Waals surface area contributed by atoms with Crippen molar-refractivity contribution in [2.45, 2.75) is 0 Å². The fourth-order valence-corrected chi connectivity index (χ4v) is 2.84. The zero-order chi connectivity index (χ0) is 13.8. The van der Waals surface area contributed by atoms with Gasteiger partial charge in [-0.25, -0.2) is 4.98 Å². The third-order valence-electron chi connectivity index (χ3n) is 2.91. The fourth-order valence-electron chi connectivity index (χ4n) is 1.93. The minimum absolute atomic E-state index is 0.399. The summed E-state index contributed by atoms with van der Waals surface area (Å²) in [5, 5.41) is 3.16. The molecule has 0 saturated heterocycles. The van der Waals surface area contributed by atoms with E-state index in [1.54, 1.807) is 18.4 Å². The summed E-state index contributed by atoms with van der Waals surface area (Å²) in [6.45, 7) is 0.986. The van der Waals surface area contributed by atoms with Gasteiger partial charge in [-0.05, 0) is 5.56 Å². The Morgan fingerprint density at radius 2 is 2.00 bits per heavy atom. The van der Waals surface area contributed by atoms with E-state index in [1.807, 2.05) is 24.4 Å². The van der Waals surface area contributed by atoms with Crippen LogP contribution in [0.2, 0.25) is 0 Å². The number of ether oxygens (including phenoxy) is 2. The highest BCUT2D eigenvalue weighted by Crippen LogP contribution is 2.32. The highest BCUT2D eigenvalue weighted by atomic mass is 32.1. The molecule has 0 amide bonds. The Hall–Kier alpha value is -1.98. The van der Waals surface area contributed by atoms with Crippen LogP contribution in [0.1, 0.15) is 0 Å². The van der Waals surface area contributed by atoms with Crippen LogP contribution in [-0.2, 0) is 4.74 Å². The van der Waals surface area contributed by atoms with Crippen LogP contribution in [0.15, 0.2) is 41.9 Å². The normalized spacial score (nSPS) is 10.8. The molecule has 0 atom stereocenters. The number of methoxy groups -OCH3 is 1. The molecule has 1 aromatic carbocycles.